The van der Waals surface area contributed by atoms with Gasteiger partial charge in [-0.3, -0.25) is 0 Å². The molecule has 0 aliphatic carbocycles. The van der Waals surface area contributed by atoms with E-state index in [2.05, 4.69) is 4.72 Å². The summed E-state index contributed by atoms with van der Waals surface area (Å²) in [4.78, 5) is 11.3. The quantitative estimate of drug-likeness (QED) is 0.789. The summed E-state index contributed by atoms with van der Waals surface area (Å²) in [6.07, 6.45) is 2.50. The topological polar surface area (TPSA) is 83.5 Å². The second kappa shape index (κ2) is 6.51. The molecule has 2 N–H and O–H groups in total. The smallest absolute Gasteiger partial charge is 0.328 e. The summed E-state index contributed by atoms with van der Waals surface area (Å²) in [6, 6.07) is 1.76. The number of hydrogen-bond acceptors (Lipinski definition) is 4. The molecule has 0 fully saturated rings. The van der Waals surface area contributed by atoms with Gasteiger partial charge >= 0.3 is 5.97 Å². The first-order chi connectivity index (χ1) is 9.09. The number of carboxylic acid groups (broad SMARTS) is 1. The first-order valence-corrected chi connectivity index (χ1v) is 8.57. The van der Waals surface area contributed by atoms with Crippen molar-refractivity contribution in [2.24, 2.45) is 5.41 Å². The van der Waals surface area contributed by atoms with Gasteiger partial charge in [-0.15, -0.1) is 11.3 Å². The monoisotopic (exact) mass is 317 g/mol. The number of aliphatic carboxylic acids is 1. The fourth-order valence-corrected chi connectivity index (χ4v) is 4.10. The molecule has 1 aromatic rings. The predicted octanol–water partition coefficient (Wildman–Crippen LogP) is 2.31. The van der Waals surface area contributed by atoms with E-state index in [0.29, 0.717) is 0 Å². The van der Waals surface area contributed by atoms with Gasteiger partial charge in [0.05, 0.1) is 5.75 Å². The number of thiophene rings is 1. The van der Waals surface area contributed by atoms with Crippen LogP contribution in [-0.2, 0) is 21.4 Å². The van der Waals surface area contributed by atoms with Gasteiger partial charge in [-0.2, -0.15) is 0 Å². The zero-order chi connectivity index (χ0) is 15.4. The number of carbonyl (C=O) groups is 1. The van der Waals surface area contributed by atoms with Crippen LogP contribution in [0, 0.1) is 5.41 Å². The Morgan fingerprint density at radius 3 is 2.65 bits per heavy atom. The van der Waals surface area contributed by atoms with Gasteiger partial charge in [-0.05, 0) is 28.5 Å². The van der Waals surface area contributed by atoms with E-state index in [4.69, 9.17) is 5.11 Å². The van der Waals surface area contributed by atoms with E-state index in [-0.39, 0.29) is 17.7 Å². The zero-order valence-corrected chi connectivity index (χ0v) is 13.3. The SMILES string of the molecule is CC(C)(C)CS(=O)(=O)NCc1sccc1/C=C/C(=O)O. The lowest BCUT2D eigenvalue weighted by atomic mass is 10.0. The van der Waals surface area contributed by atoms with Crippen LogP contribution in [0.3, 0.4) is 0 Å². The highest BCUT2D eigenvalue weighted by Crippen LogP contribution is 2.20. The first-order valence-electron chi connectivity index (χ1n) is 6.04. The van der Waals surface area contributed by atoms with Crippen molar-refractivity contribution in [3.05, 3.63) is 28.0 Å². The van der Waals surface area contributed by atoms with Crippen molar-refractivity contribution in [3.63, 3.8) is 0 Å². The molecule has 0 atom stereocenters. The molecule has 0 spiro atoms. The lowest BCUT2D eigenvalue weighted by Gasteiger charge is -2.18. The van der Waals surface area contributed by atoms with Crippen LogP contribution in [0.5, 0.6) is 0 Å². The van der Waals surface area contributed by atoms with Crippen molar-refractivity contribution in [3.8, 4) is 0 Å². The molecule has 112 valence electrons. The van der Waals surface area contributed by atoms with E-state index >= 15 is 0 Å². The summed E-state index contributed by atoms with van der Waals surface area (Å²) in [6.45, 7) is 5.75. The Morgan fingerprint density at radius 2 is 2.10 bits per heavy atom. The highest BCUT2D eigenvalue weighted by Gasteiger charge is 2.21. The molecular weight excluding hydrogens is 298 g/mol. The third-order valence-electron chi connectivity index (χ3n) is 2.26. The van der Waals surface area contributed by atoms with Gasteiger partial charge in [-0.25, -0.2) is 17.9 Å². The summed E-state index contributed by atoms with van der Waals surface area (Å²) in [7, 11) is -3.35. The lowest BCUT2D eigenvalue weighted by Crippen LogP contribution is -2.31. The van der Waals surface area contributed by atoms with E-state index in [9.17, 15) is 13.2 Å². The minimum absolute atomic E-state index is 0.0473. The molecule has 1 rings (SSSR count). The minimum atomic E-state index is -3.35. The Kier molecular flexibility index (Phi) is 5.50. The van der Waals surface area contributed by atoms with Crippen LogP contribution < -0.4 is 4.72 Å². The van der Waals surface area contributed by atoms with Gasteiger partial charge in [0.1, 0.15) is 0 Å². The summed E-state index contributed by atoms with van der Waals surface area (Å²) in [5.41, 5.74) is 0.406. The highest BCUT2D eigenvalue weighted by molar-refractivity contribution is 7.89. The molecule has 5 nitrogen and oxygen atoms in total. The van der Waals surface area contributed by atoms with Crippen LogP contribution >= 0.6 is 11.3 Å². The molecule has 0 radical (unpaired) electrons. The fourth-order valence-electron chi connectivity index (χ4n) is 1.60. The lowest BCUT2D eigenvalue weighted by molar-refractivity contribution is -0.131. The second-order valence-corrected chi connectivity index (χ2v) is 8.42. The van der Waals surface area contributed by atoms with E-state index in [0.717, 1.165) is 16.5 Å². The van der Waals surface area contributed by atoms with Gasteiger partial charge in [0.25, 0.3) is 0 Å². The standard InChI is InChI=1S/C13H19NO4S2/c1-13(2,3)9-20(17,18)14-8-11-10(6-7-19-11)4-5-12(15)16/h4-7,14H,8-9H2,1-3H3,(H,15,16)/b5-4+. The van der Waals surface area contributed by atoms with Crippen LogP contribution in [0.15, 0.2) is 17.5 Å². The normalized spacial score (nSPS) is 12.9. The van der Waals surface area contributed by atoms with Crippen LogP contribution in [-0.4, -0.2) is 25.2 Å². The molecule has 0 bridgehead atoms. The maximum absolute atomic E-state index is 11.9. The summed E-state index contributed by atoms with van der Waals surface area (Å²) in [5.74, 6) is -0.985. The maximum atomic E-state index is 11.9. The number of sulfonamides is 1. The highest BCUT2D eigenvalue weighted by atomic mass is 32.2. The molecule has 1 aromatic heterocycles. The van der Waals surface area contributed by atoms with Gasteiger partial charge in [0.2, 0.25) is 10.0 Å². The molecule has 0 saturated heterocycles. The van der Waals surface area contributed by atoms with Gasteiger partial charge in [0, 0.05) is 17.5 Å². The van der Waals surface area contributed by atoms with Crippen LogP contribution in [0.1, 0.15) is 31.2 Å². The fraction of sp³-hybridized carbons (Fsp3) is 0.462. The van der Waals surface area contributed by atoms with E-state index in [1.165, 1.54) is 17.4 Å². The predicted molar refractivity (Wildman–Crippen MR) is 81.1 cm³/mol. The van der Waals surface area contributed by atoms with Crippen LogP contribution in [0.25, 0.3) is 6.08 Å². The zero-order valence-electron chi connectivity index (χ0n) is 11.7. The number of carboxylic acids is 1. The van der Waals surface area contributed by atoms with Crippen molar-refractivity contribution >= 4 is 33.4 Å². The molecule has 1 heterocycles. The van der Waals surface area contributed by atoms with Crippen LogP contribution in [0.2, 0.25) is 0 Å². The van der Waals surface area contributed by atoms with Crippen LogP contribution in [0.4, 0.5) is 0 Å². The second-order valence-electron chi connectivity index (χ2n) is 5.61. The first kappa shape index (κ1) is 16.9. The Bertz CT molecular complexity index is 594. The third kappa shape index (κ3) is 6.31. The van der Waals surface area contributed by atoms with E-state index < -0.39 is 16.0 Å². The number of hydrogen-bond donors (Lipinski definition) is 2. The van der Waals surface area contributed by atoms with Crippen molar-refractivity contribution in [1.82, 2.24) is 4.72 Å². The average molecular weight is 317 g/mol. The van der Waals surface area contributed by atoms with Crippen molar-refractivity contribution < 1.29 is 18.3 Å². The summed E-state index contributed by atoms with van der Waals surface area (Å²) in [5, 5.41) is 10.4. The molecule has 0 saturated carbocycles. The Balaban J connectivity index is 2.72. The van der Waals surface area contributed by atoms with Gasteiger partial charge in [0.15, 0.2) is 0 Å². The molecular formula is C13H19NO4S2. The van der Waals surface area contributed by atoms with Crippen molar-refractivity contribution in [2.45, 2.75) is 27.3 Å². The Labute approximate surface area is 123 Å². The average Bonchev–Trinajstić information content (AvgIpc) is 2.67. The van der Waals surface area contributed by atoms with Gasteiger partial charge < -0.3 is 5.11 Å². The van der Waals surface area contributed by atoms with Gasteiger partial charge in [-0.1, -0.05) is 20.8 Å². The van der Waals surface area contributed by atoms with E-state index in [1.807, 2.05) is 20.8 Å². The number of rotatable bonds is 6. The van der Waals surface area contributed by atoms with Crippen molar-refractivity contribution in [2.75, 3.05) is 5.75 Å². The van der Waals surface area contributed by atoms with Crippen molar-refractivity contribution in [1.29, 1.82) is 0 Å². The summed E-state index contributed by atoms with van der Waals surface area (Å²) < 4.78 is 26.3. The molecule has 0 unspecified atom stereocenters. The molecule has 0 aliphatic rings. The molecule has 0 amide bonds. The number of nitrogens with one attached hydrogen (secondary N) is 1. The van der Waals surface area contributed by atoms with E-state index in [1.54, 1.807) is 11.4 Å². The minimum Gasteiger partial charge on any atom is -0.478 e. The molecule has 0 aliphatic heterocycles. The molecule has 0 aromatic carbocycles. The maximum Gasteiger partial charge on any atom is 0.328 e. The Hall–Kier alpha value is -1.18. The third-order valence-corrected chi connectivity index (χ3v) is 5.03. The molecule has 7 heteroatoms. The Morgan fingerprint density at radius 1 is 1.45 bits per heavy atom. The largest absolute Gasteiger partial charge is 0.478 e. The summed E-state index contributed by atoms with van der Waals surface area (Å²) >= 11 is 1.39. The molecule has 20 heavy (non-hydrogen) atoms.